The van der Waals surface area contributed by atoms with Crippen molar-refractivity contribution in [2.24, 2.45) is 0 Å². The minimum atomic E-state index is -0.904. The second-order valence-corrected chi connectivity index (χ2v) is 7.99. The molecule has 0 saturated heterocycles. The highest BCUT2D eigenvalue weighted by atomic mass is 19.2. The Labute approximate surface area is 209 Å². The van der Waals surface area contributed by atoms with Crippen LogP contribution in [-0.2, 0) is 0 Å². The van der Waals surface area contributed by atoms with Gasteiger partial charge in [-0.25, -0.2) is 13.2 Å². The highest BCUT2D eigenvalue weighted by molar-refractivity contribution is 5.75. The van der Waals surface area contributed by atoms with Crippen molar-refractivity contribution in [1.29, 1.82) is 0 Å². The first-order valence-corrected chi connectivity index (χ1v) is 11.5. The van der Waals surface area contributed by atoms with Gasteiger partial charge in [-0.3, -0.25) is 0 Å². The van der Waals surface area contributed by atoms with Gasteiger partial charge in [0.05, 0.1) is 6.61 Å². The lowest BCUT2D eigenvalue weighted by molar-refractivity contribution is 0.340. The van der Waals surface area contributed by atoms with Crippen LogP contribution in [0.3, 0.4) is 0 Å². The molecule has 36 heavy (non-hydrogen) atoms. The molecule has 0 radical (unpaired) electrons. The van der Waals surface area contributed by atoms with E-state index in [0.29, 0.717) is 29.0 Å². The zero-order valence-corrected chi connectivity index (χ0v) is 19.8. The highest BCUT2D eigenvalue weighted by Gasteiger charge is 2.16. The highest BCUT2D eigenvalue weighted by Crippen LogP contribution is 2.32. The molecule has 2 nitrogen and oxygen atoms in total. The SMILES string of the molecule is C=CCOc1ccc(/C=C/c2ccc(-c3ccc(-c4ccc(OCC)cc4)c(F)c3F)cc2)cc1F. The molecular weight excluding hydrogens is 461 g/mol. The molecule has 5 heteroatoms. The van der Waals surface area contributed by atoms with Crippen LogP contribution in [-0.4, -0.2) is 13.2 Å². The van der Waals surface area contributed by atoms with Crippen LogP contribution in [0.4, 0.5) is 13.2 Å². The summed E-state index contributed by atoms with van der Waals surface area (Å²) in [6, 6.07) is 21.8. The van der Waals surface area contributed by atoms with Gasteiger partial charge in [0.1, 0.15) is 12.4 Å². The van der Waals surface area contributed by atoms with Crippen molar-refractivity contribution in [3.63, 3.8) is 0 Å². The fourth-order valence-corrected chi connectivity index (χ4v) is 3.75. The second-order valence-electron chi connectivity index (χ2n) is 7.99. The third kappa shape index (κ3) is 5.69. The van der Waals surface area contributed by atoms with Crippen molar-refractivity contribution < 1.29 is 22.6 Å². The van der Waals surface area contributed by atoms with E-state index in [1.54, 1.807) is 84.9 Å². The molecule has 0 heterocycles. The fourth-order valence-electron chi connectivity index (χ4n) is 3.75. The molecule has 0 fully saturated rings. The van der Waals surface area contributed by atoms with Crippen molar-refractivity contribution in [3.8, 4) is 33.8 Å². The Morgan fingerprint density at radius 3 is 1.81 bits per heavy atom. The molecule has 0 aromatic heterocycles. The summed E-state index contributed by atoms with van der Waals surface area (Å²) in [5.74, 6) is -1.42. The topological polar surface area (TPSA) is 18.5 Å². The van der Waals surface area contributed by atoms with E-state index in [4.69, 9.17) is 9.47 Å². The fraction of sp³-hybridized carbons (Fsp3) is 0.0968. The Hall–Kier alpha value is -4.25. The predicted molar refractivity (Wildman–Crippen MR) is 139 cm³/mol. The minimum absolute atomic E-state index is 0.166. The maximum absolute atomic E-state index is 15.0. The van der Waals surface area contributed by atoms with Crippen LogP contribution in [0.15, 0.2) is 91.5 Å². The van der Waals surface area contributed by atoms with E-state index in [1.807, 2.05) is 13.0 Å². The molecule has 0 amide bonds. The van der Waals surface area contributed by atoms with E-state index in [1.165, 1.54) is 6.07 Å². The standard InChI is InChI=1S/C31H25F3O2/c1-3-19-36-29-18-9-22(20-28(29)32)6-5-21-7-10-23(11-8-21)26-16-17-27(31(34)30(26)33)24-12-14-25(15-13-24)35-4-2/h3,5-18,20H,1,4,19H2,2H3/b6-5+. The van der Waals surface area contributed by atoms with Crippen LogP contribution >= 0.6 is 0 Å². The van der Waals surface area contributed by atoms with Crippen molar-refractivity contribution in [3.05, 3.63) is 120 Å². The monoisotopic (exact) mass is 486 g/mol. The van der Waals surface area contributed by atoms with Gasteiger partial charge in [-0.05, 0) is 53.4 Å². The van der Waals surface area contributed by atoms with E-state index in [0.717, 1.165) is 5.56 Å². The summed E-state index contributed by atoms with van der Waals surface area (Å²) >= 11 is 0. The van der Waals surface area contributed by atoms with E-state index < -0.39 is 17.5 Å². The van der Waals surface area contributed by atoms with E-state index >= 15 is 0 Å². The van der Waals surface area contributed by atoms with Crippen molar-refractivity contribution >= 4 is 12.2 Å². The van der Waals surface area contributed by atoms with Crippen molar-refractivity contribution in [2.75, 3.05) is 13.2 Å². The molecule has 4 aromatic carbocycles. The summed E-state index contributed by atoms with van der Waals surface area (Å²) in [5, 5.41) is 0. The molecule has 0 saturated carbocycles. The summed E-state index contributed by atoms with van der Waals surface area (Å²) in [6.45, 7) is 6.18. The predicted octanol–water partition coefficient (Wildman–Crippen LogP) is 8.57. The van der Waals surface area contributed by atoms with Gasteiger partial charge in [0.2, 0.25) is 0 Å². The van der Waals surface area contributed by atoms with Crippen LogP contribution in [0, 0.1) is 17.5 Å². The Morgan fingerprint density at radius 1 is 0.694 bits per heavy atom. The lowest BCUT2D eigenvalue weighted by Crippen LogP contribution is -1.95. The molecule has 182 valence electrons. The van der Waals surface area contributed by atoms with Gasteiger partial charge >= 0.3 is 0 Å². The first-order valence-electron chi connectivity index (χ1n) is 11.5. The molecule has 0 aliphatic heterocycles. The number of ether oxygens (including phenoxy) is 2. The summed E-state index contributed by atoms with van der Waals surface area (Å²) < 4.78 is 54.7. The lowest BCUT2D eigenvalue weighted by atomic mass is 9.98. The molecule has 0 aliphatic carbocycles. The van der Waals surface area contributed by atoms with Crippen LogP contribution in [0.25, 0.3) is 34.4 Å². The summed E-state index contributed by atoms with van der Waals surface area (Å²) in [6.07, 6.45) is 5.13. The molecular formula is C31H25F3O2. The Bertz CT molecular complexity index is 1370. The third-order valence-electron chi connectivity index (χ3n) is 5.56. The van der Waals surface area contributed by atoms with Gasteiger partial charge in [-0.1, -0.05) is 79.4 Å². The molecule has 4 rings (SSSR count). The maximum atomic E-state index is 15.0. The summed E-state index contributed by atoms with van der Waals surface area (Å²) in [7, 11) is 0. The molecule has 0 N–H and O–H groups in total. The first kappa shape index (κ1) is 24.9. The summed E-state index contributed by atoms with van der Waals surface area (Å²) in [5.41, 5.74) is 2.98. The molecule has 0 bridgehead atoms. The molecule has 0 spiro atoms. The Morgan fingerprint density at radius 2 is 1.25 bits per heavy atom. The van der Waals surface area contributed by atoms with Gasteiger partial charge < -0.3 is 9.47 Å². The van der Waals surface area contributed by atoms with Crippen LogP contribution in [0.5, 0.6) is 11.5 Å². The Kier molecular flexibility index (Phi) is 7.91. The number of hydrogen-bond donors (Lipinski definition) is 0. The summed E-state index contributed by atoms with van der Waals surface area (Å²) in [4.78, 5) is 0. The quantitative estimate of drug-likeness (QED) is 0.174. The smallest absolute Gasteiger partial charge is 0.167 e. The van der Waals surface area contributed by atoms with E-state index in [2.05, 4.69) is 6.58 Å². The zero-order chi connectivity index (χ0) is 25.5. The number of rotatable bonds is 9. The van der Waals surface area contributed by atoms with Crippen LogP contribution in [0.1, 0.15) is 18.1 Å². The molecule has 4 aromatic rings. The molecule has 0 aliphatic rings. The third-order valence-corrected chi connectivity index (χ3v) is 5.56. The van der Waals surface area contributed by atoms with Crippen LogP contribution in [0.2, 0.25) is 0 Å². The average Bonchev–Trinajstić information content (AvgIpc) is 2.90. The first-order chi connectivity index (χ1) is 17.5. The minimum Gasteiger partial charge on any atom is -0.494 e. The van der Waals surface area contributed by atoms with Gasteiger partial charge in [0.25, 0.3) is 0 Å². The lowest BCUT2D eigenvalue weighted by Gasteiger charge is -2.10. The van der Waals surface area contributed by atoms with Gasteiger partial charge in [0.15, 0.2) is 23.2 Å². The van der Waals surface area contributed by atoms with Gasteiger partial charge in [-0.2, -0.15) is 0 Å². The largest absolute Gasteiger partial charge is 0.494 e. The van der Waals surface area contributed by atoms with E-state index in [-0.39, 0.29) is 23.5 Å². The average molecular weight is 487 g/mol. The van der Waals surface area contributed by atoms with Gasteiger partial charge in [-0.15, -0.1) is 0 Å². The zero-order valence-electron chi connectivity index (χ0n) is 19.8. The number of hydrogen-bond acceptors (Lipinski definition) is 2. The van der Waals surface area contributed by atoms with Crippen molar-refractivity contribution in [1.82, 2.24) is 0 Å². The van der Waals surface area contributed by atoms with E-state index in [9.17, 15) is 13.2 Å². The maximum Gasteiger partial charge on any atom is 0.167 e. The molecule has 0 unspecified atom stereocenters. The number of benzene rings is 4. The van der Waals surface area contributed by atoms with Gasteiger partial charge in [0, 0.05) is 11.1 Å². The number of halogens is 3. The van der Waals surface area contributed by atoms with Crippen LogP contribution < -0.4 is 9.47 Å². The second kappa shape index (κ2) is 11.5. The molecule has 0 atom stereocenters. The van der Waals surface area contributed by atoms with Crippen molar-refractivity contribution in [2.45, 2.75) is 6.92 Å². The Balaban J connectivity index is 1.50. The normalized spacial score (nSPS) is 11.0.